The van der Waals surface area contributed by atoms with E-state index in [0.29, 0.717) is 23.9 Å². The number of carbonyl (C=O) groups excluding carboxylic acids is 2. The lowest BCUT2D eigenvalue weighted by Gasteiger charge is -2.08. The van der Waals surface area contributed by atoms with E-state index in [0.717, 1.165) is 63.5 Å². The van der Waals surface area contributed by atoms with Gasteiger partial charge in [0.05, 0.1) is 12.2 Å². The summed E-state index contributed by atoms with van der Waals surface area (Å²) in [5, 5.41) is 0. The molecule has 164 valence electrons. The first-order chi connectivity index (χ1) is 13.9. The monoisotopic (exact) mass is 476 g/mol. The summed E-state index contributed by atoms with van der Waals surface area (Å²) in [5.41, 5.74) is -0.245. The van der Waals surface area contributed by atoms with Crippen LogP contribution in [0.3, 0.4) is 0 Å². The van der Waals surface area contributed by atoms with Crippen LogP contribution in [0.25, 0.3) is 0 Å². The molecule has 0 saturated carbocycles. The zero-order valence-electron chi connectivity index (χ0n) is 17.1. The maximum Gasteiger partial charge on any atom is 0.306 e. The van der Waals surface area contributed by atoms with Gasteiger partial charge in [-0.15, -0.1) is 0 Å². The van der Waals surface area contributed by atoms with Crippen molar-refractivity contribution in [3.63, 3.8) is 0 Å². The number of benzene rings is 1. The topological polar surface area (TPSA) is 52.6 Å². The largest absolute Gasteiger partial charge is 0.466 e. The predicted octanol–water partition coefficient (Wildman–Crippen LogP) is 6.62. The van der Waals surface area contributed by atoms with E-state index in [-0.39, 0.29) is 18.0 Å². The van der Waals surface area contributed by atoms with E-state index >= 15 is 0 Å². The fourth-order valence-corrected chi connectivity index (χ4v) is 3.19. The van der Waals surface area contributed by atoms with Crippen molar-refractivity contribution < 1.29 is 27.8 Å². The molecule has 0 aromatic heterocycles. The van der Waals surface area contributed by atoms with Crippen LogP contribution in [0.1, 0.15) is 83.1 Å². The van der Waals surface area contributed by atoms with Gasteiger partial charge in [-0.1, -0.05) is 61.4 Å². The van der Waals surface area contributed by atoms with Crippen molar-refractivity contribution in [1.29, 1.82) is 0 Å². The van der Waals surface area contributed by atoms with E-state index in [9.17, 15) is 18.4 Å². The molecule has 0 radical (unpaired) electrons. The average molecular weight is 477 g/mol. The first kappa shape index (κ1) is 25.5. The lowest BCUT2D eigenvalue weighted by atomic mass is 10.1. The Morgan fingerprint density at radius 3 is 1.90 bits per heavy atom. The van der Waals surface area contributed by atoms with Crippen molar-refractivity contribution in [2.45, 2.75) is 84.2 Å². The van der Waals surface area contributed by atoms with Crippen LogP contribution in [-0.4, -0.2) is 18.5 Å². The molecule has 0 aliphatic heterocycles. The van der Waals surface area contributed by atoms with Gasteiger partial charge in [0.15, 0.2) is 0 Å². The molecule has 0 aliphatic rings. The highest BCUT2D eigenvalue weighted by Crippen LogP contribution is 2.20. The second kappa shape index (κ2) is 15.4. The van der Waals surface area contributed by atoms with E-state index in [1.807, 2.05) is 0 Å². The molecule has 7 heteroatoms. The number of carbonyl (C=O) groups is 2. The van der Waals surface area contributed by atoms with Crippen molar-refractivity contribution >= 4 is 27.9 Å². The summed E-state index contributed by atoms with van der Waals surface area (Å²) in [6.07, 6.45) is 9.08. The molecule has 0 unspecified atom stereocenters. The molecule has 0 aliphatic carbocycles. The molecule has 0 atom stereocenters. The number of esters is 2. The van der Waals surface area contributed by atoms with Crippen LogP contribution < -0.4 is 0 Å². The molecule has 4 nitrogen and oxygen atoms in total. The van der Waals surface area contributed by atoms with Gasteiger partial charge in [0.2, 0.25) is 0 Å². The second-order valence-electron chi connectivity index (χ2n) is 7.06. The summed E-state index contributed by atoms with van der Waals surface area (Å²) in [7, 11) is 0. The van der Waals surface area contributed by atoms with Gasteiger partial charge in [0, 0.05) is 17.3 Å². The Morgan fingerprint density at radius 2 is 1.34 bits per heavy atom. The SMILES string of the molecule is CCCCCOC(=O)CCCCCCCCC(=O)OCc1c(F)cc(Br)cc1F. The van der Waals surface area contributed by atoms with Crippen LogP contribution in [0.4, 0.5) is 8.78 Å². The van der Waals surface area contributed by atoms with E-state index < -0.39 is 24.2 Å². The van der Waals surface area contributed by atoms with Gasteiger partial charge in [-0.25, -0.2) is 8.78 Å². The number of hydrogen-bond donors (Lipinski definition) is 0. The third kappa shape index (κ3) is 11.9. The van der Waals surface area contributed by atoms with Crippen LogP contribution in [0.2, 0.25) is 0 Å². The summed E-state index contributed by atoms with van der Waals surface area (Å²) in [6.45, 7) is 2.22. The number of halogens is 3. The molecule has 1 aromatic rings. The van der Waals surface area contributed by atoms with E-state index in [4.69, 9.17) is 9.47 Å². The smallest absolute Gasteiger partial charge is 0.306 e. The fourth-order valence-electron chi connectivity index (χ4n) is 2.79. The highest BCUT2D eigenvalue weighted by atomic mass is 79.9. The number of rotatable bonds is 15. The lowest BCUT2D eigenvalue weighted by molar-refractivity contribution is -0.145. The molecular weight excluding hydrogens is 446 g/mol. The zero-order chi connectivity index (χ0) is 21.5. The minimum absolute atomic E-state index is 0.123. The molecule has 1 aromatic carbocycles. The summed E-state index contributed by atoms with van der Waals surface area (Å²) >= 11 is 3.00. The van der Waals surface area contributed by atoms with Crippen molar-refractivity contribution in [3.05, 3.63) is 33.8 Å². The van der Waals surface area contributed by atoms with Gasteiger partial charge in [-0.3, -0.25) is 9.59 Å². The minimum atomic E-state index is -0.741. The van der Waals surface area contributed by atoms with Crippen LogP contribution in [0.5, 0.6) is 0 Å². The van der Waals surface area contributed by atoms with Gasteiger partial charge in [-0.2, -0.15) is 0 Å². The summed E-state index contributed by atoms with van der Waals surface area (Å²) in [5.74, 6) is -2.07. The van der Waals surface area contributed by atoms with Crippen molar-refractivity contribution in [2.24, 2.45) is 0 Å². The van der Waals surface area contributed by atoms with Crippen LogP contribution in [0, 0.1) is 11.6 Å². The molecule has 29 heavy (non-hydrogen) atoms. The Bertz CT molecular complexity index is 614. The Balaban J connectivity index is 2.01. The second-order valence-corrected chi connectivity index (χ2v) is 7.97. The molecule has 0 bridgehead atoms. The van der Waals surface area contributed by atoms with E-state index in [1.165, 1.54) is 0 Å². The average Bonchev–Trinajstić information content (AvgIpc) is 2.66. The Labute approximate surface area is 180 Å². The molecule has 1 rings (SSSR count). The Morgan fingerprint density at radius 1 is 0.828 bits per heavy atom. The van der Waals surface area contributed by atoms with Crippen LogP contribution >= 0.6 is 15.9 Å². The van der Waals surface area contributed by atoms with Crippen molar-refractivity contribution in [3.8, 4) is 0 Å². The van der Waals surface area contributed by atoms with Gasteiger partial charge in [0.1, 0.15) is 18.2 Å². The van der Waals surface area contributed by atoms with Crippen molar-refractivity contribution in [1.82, 2.24) is 0 Å². The maximum absolute atomic E-state index is 13.7. The van der Waals surface area contributed by atoms with Gasteiger partial charge in [0.25, 0.3) is 0 Å². The highest BCUT2D eigenvalue weighted by Gasteiger charge is 2.13. The Hall–Kier alpha value is -1.50. The van der Waals surface area contributed by atoms with Crippen LogP contribution in [-0.2, 0) is 25.7 Å². The first-order valence-electron chi connectivity index (χ1n) is 10.4. The fraction of sp³-hybridized carbons (Fsp3) is 0.636. The zero-order valence-corrected chi connectivity index (χ0v) is 18.7. The summed E-state index contributed by atoms with van der Waals surface area (Å²) in [6, 6.07) is 2.27. The predicted molar refractivity (Wildman–Crippen MR) is 111 cm³/mol. The molecule has 0 N–H and O–H groups in total. The number of hydrogen-bond acceptors (Lipinski definition) is 4. The molecule has 0 fully saturated rings. The molecule has 0 amide bonds. The lowest BCUT2D eigenvalue weighted by Crippen LogP contribution is -2.07. The minimum Gasteiger partial charge on any atom is -0.466 e. The van der Waals surface area contributed by atoms with E-state index in [2.05, 4.69) is 22.9 Å². The first-order valence-corrected chi connectivity index (χ1v) is 11.2. The standard InChI is InChI=1S/C22H31BrF2O4/c1-2-3-10-13-28-21(26)11-8-6-4-5-7-9-12-22(27)29-16-18-19(24)14-17(23)15-20(18)25/h14-15H,2-13,16H2,1H3. The maximum atomic E-state index is 13.7. The Kier molecular flexibility index (Phi) is 13.5. The molecule has 0 spiro atoms. The van der Waals surface area contributed by atoms with Crippen LogP contribution in [0.15, 0.2) is 16.6 Å². The molecule has 0 heterocycles. The van der Waals surface area contributed by atoms with E-state index in [1.54, 1.807) is 0 Å². The van der Waals surface area contributed by atoms with Gasteiger partial charge in [-0.05, 0) is 31.4 Å². The highest BCUT2D eigenvalue weighted by molar-refractivity contribution is 9.10. The molecular formula is C22H31BrF2O4. The number of unbranched alkanes of at least 4 members (excludes halogenated alkanes) is 7. The third-order valence-corrected chi connectivity index (χ3v) is 4.96. The van der Waals surface area contributed by atoms with Gasteiger partial charge < -0.3 is 9.47 Å². The molecule has 0 saturated heterocycles. The summed E-state index contributed by atoms with van der Waals surface area (Å²) in [4.78, 5) is 23.2. The van der Waals surface area contributed by atoms with Gasteiger partial charge >= 0.3 is 11.9 Å². The number of ether oxygens (including phenoxy) is 2. The quantitative estimate of drug-likeness (QED) is 0.210. The summed E-state index contributed by atoms with van der Waals surface area (Å²) < 4.78 is 37.7. The normalized spacial score (nSPS) is 10.8. The van der Waals surface area contributed by atoms with Crippen molar-refractivity contribution in [2.75, 3.05) is 6.61 Å². The third-order valence-electron chi connectivity index (χ3n) is 4.51.